The summed E-state index contributed by atoms with van der Waals surface area (Å²) in [7, 11) is -2.43. The van der Waals surface area contributed by atoms with E-state index >= 15 is 0 Å². The first kappa shape index (κ1) is 15.6. The first-order chi connectivity index (χ1) is 8.75. The van der Waals surface area contributed by atoms with Crippen molar-refractivity contribution in [3.8, 4) is 0 Å². The molecule has 0 atom stereocenters. The minimum absolute atomic E-state index is 0.0735. The van der Waals surface area contributed by atoms with Crippen molar-refractivity contribution in [2.75, 3.05) is 13.6 Å². The topological polar surface area (TPSA) is 74.7 Å². The van der Waals surface area contributed by atoms with Gasteiger partial charge in [0, 0.05) is 20.0 Å². The van der Waals surface area contributed by atoms with Crippen molar-refractivity contribution in [2.24, 2.45) is 0 Å². The van der Waals surface area contributed by atoms with Crippen LogP contribution in [-0.2, 0) is 14.8 Å². The van der Waals surface area contributed by atoms with Crippen LogP contribution in [0.4, 0.5) is 4.39 Å². The number of rotatable bonds is 6. The number of nitrogens with zero attached hydrogens (tertiary/aromatic N) is 1. The van der Waals surface area contributed by atoms with E-state index in [0.29, 0.717) is 5.56 Å². The van der Waals surface area contributed by atoms with E-state index in [1.807, 2.05) is 0 Å². The zero-order valence-electron chi connectivity index (χ0n) is 10.8. The van der Waals surface area contributed by atoms with Crippen molar-refractivity contribution >= 4 is 16.0 Å². The van der Waals surface area contributed by atoms with Gasteiger partial charge in [-0.2, -0.15) is 0 Å². The molecule has 19 heavy (non-hydrogen) atoms. The molecule has 0 saturated heterocycles. The average Bonchev–Trinajstić information content (AvgIpc) is 2.31. The maximum absolute atomic E-state index is 13.4. The lowest BCUT2D eigenvalue weighted by molar-refractivity contribution is -0.137. The Kier molecular flexibility index (Phi) is 5.02. The third-order valence-electron chi connectivity index (χ3n) is 2.72. The highest BCUT2D eigenvalue weighted by Gasteiger charge is 2.21. The van der Waals surface area contributed by atoms with Gasteiger partial charge in [0.15, 0.2) is 0 Å². The average molecular weight is 289 g/mol. The van der Waals surface area contributed by atoms with E-state index in [1.54, 1.807) is 6.92 Å². The summed E-state index contributed by atoms with van der Waals surface area (Å²) in [5.41, 5.74) is 0.368. The molecule has 0 heterocycles. The van der Waals surface area contributed by atoms with Crippen LogP contribution in [0.2, 0.25) is 0 Å². The van der Waals surface area contributed by atoms with Crippen LogP contribution >= 0.6 is 0 Å². The molecule has 106 valence electrons. The highest BCUT2D eigenvalue weighted by Crippen LogP contribution is 2.18. The summed E-state index contributed by atoms with van der Waals surface area (Å²) < 4.78 is 38.6. The number of hydrogen-bond acceptors (Lipinski definition) is 3. The summed E-state index contributed by atoms with van der Waals surface area (Å²) >= 11 is 0. The molecule has 7 heteroatoms. The van der Waals surface area contributed by atoms with Gasteiger partial charge in [0.2, 0.25) is 10.0 Å². The fourth-order valence-electron chi connectivity index (χ4n) is 1.49. The number of hydrogen-bond donors (Lipinski definition) is 1. The number of benzene rings is 1. The number of aliphatic carboxylic acids is 1. The van der Waals surface area contributed by atoms with Gasteiger partial charge in [-0.05, 0) is 31.0 Å². The van der Waals surface area contributed by atoms with Gasteiger partial charge in [0.25, 0.3) is 0 Å². The van der Waals surface area contributed by atoms with Gasteiger partial charge in [-0.1, -0.05) is 6.07 Å². The van der Waals surface area contributed by atoms with E-state index in [-0.39, 0.29) is 24.3 Å². The molecule has 1 rings (SSSR count). The highest BCUT2D eigenvalue weighted by atomic mass is 32.2. The second-order valence-electron chi connectivity index (χ2n) is 4.23. The summed E-state index contributed by atoms with van der Waals surface area (Å²) in [6.07, 6.45) is 0.0987. The second kappa shape index (κ2) is 6.12. The fraction of sp³-hybridized carbons (Fsp3) is 0.417. The van der Waals surface area contributed by atoms with Crippen LogP contribution in [0.3, 0.4) is 0 Å². The Morgan fingerprint density at radius 2 is 2.05 bits per heavy atom. The van der Waals surface area contributed by atoms with Crippen molar-refractivity contribution in [1.82, 2.24) is 4.31 Å². The lowest BCUT2D eigenvalue weighted by atomic mass is 10.2. The van der Waals surface area contributed by atoms with Crippen molar-refractivity contribution < 1.29 is 22.7 Å². The Balaban J connectivity index is 2.84. The van der Waals surface area contributed by atoms with Crippen LogP contribution in [0.1, 0.15) is 18.4 Å². The molecule has 0 saturated carbocycles. The molecule has 1 aromatic carbocycles. The van der Waals surface area contributed by atoms with Crippen molar-refractivity contribution in [1.29, 1.82) is 0 Å². The molecule has 0 fully saturated rings. The molecule has 0 unspecified atom stereocenters. The first-order valence-corrected chi connectivity index (χ1v) is 7.13. The van der Waals surface area contributed by atoms with Gasteiger partial charge in [-0.3, -0.25) is 4.79 Å². The number of aryl methyl sites for hydroxylation is 1. The number of carboxylic acid groups (broad SMARTS) is 1. The summed E-state index contributed by atoms with van der Waals surface area (Å²) in [5, 5.41) is 8.50. The first-order valence-electron chi connectivity index (χ1n) is 5.69. The van der Waals surface area contributed by atoms with Crippen molar-refractivity contribution in [3.05, 3.63) is 29.6 Å². The monoisotopic (exact) mass is 289 g/mol. The van der Waals surface area contributed by atoms with Crippen LogP contribution in [0, 0.1) is 12.7 Å². The molecule has 0 spiro atoms. The van der Waals surface area contributed by atoms with Gasteiger partial charge in [0.1, 0.15) is 5.82 Å². The lowest BCUT2D eigenvalue weighted by Crippen LogP contribution is -2.28. The predicted molar refractivity (Wildman–Crippen MR) is 67.8 cm³/mol. The molecule has 0 aliphatic rings. The molecule has 1 N–H and O–H groups in total. The number of carbonyl (C=O) groups is 1. The third kappa shape index (κ3) is 4.00. The quantitative estimate of drug-likeness (QED) is 0.863. The maximum Gasteiger partial charge on any atom is 0.303 e. The zero-order chi connectivity index (χ0) is 14.6. The third-order valence-corrected chi connectivity index (χ3v) is 4.57. The Hall–Kier alpha value is -1.47. The number of sulfonamides is 1. The Morgan fingerprint density at radius 1 is 1.42 bits per heavy atom. The Morgan fingerprint density at radius 3 is 2.58 bits per heavy atom. The summed E-state index contributed by atoms with van der Waals surface area (Å²) in [4.78, 5) is 10.2. The summed E-state index contributed by atoms with van der Waals surface area (Å²) in [5.74, 6) is -1.56. The van der Waals surface area contributed by atoms with Crippen molar-refractivity contribution in [3.63, 3.8) is 0 Å². The smallest absolute Gasteiger partial charge is 0.303 e. The van der Waals surface area contributed by atoms with Crippen LogP contribution in [0.5, 0.6) is 0 Å². The molecule has 0 aliphatic heterocycles. The Bertz CT molecular complexity index is 571. The highest BCUT2D eigenvalue weighted by molar-refractivity contribution is 7.89. The lowest BCUT2D eigenvalue weighted by Gasteiger charge is -2.17. The molecule has 0 aromatic heterocycles. The standard InChI is InChI=1S/C12H16FNO4S/c1-9-5-6-10(8-11(9)13)19(17,18)14(2)7-3-4-12(15)16/h5-6,8H,3-4,7H2,1-2H3,(H,15,16). The summed E-state index contributed by atoms with van der Waals surface area (Å²) in [6.45, 7) is 1.62. The van der Waals surface area contributed by atoms with Gasteiger partial charge in [-0.15, -0.1) is 0 Å². The number of halogens is 1. The van der Waals surface area contributed by atoms with Crippen molar-refractivity contribution in [2.45, 2.75) is 24.7 Å². The van der Waals surface area contributed by atoms with Gasteiger partial charge < -0.3 is 5.11 Å². The minimum atomic E-state index is -3.78. The van der Waals surface area contributed by atoms with E-state index in [4.69, 9.17) is 5.11 Å². The van der Waals surface area contributed by atoms with E-state index in [9.17, 15) is 17.6 Å². The SMILES string of the molecule is Cc1ccc(S(=O)(=O)N(C)CCCC(=O)O)cc1F. The van der Waals surface area contributed by atoms with Crippen LogP contribution < -0.4 is 0 Å². The van der Waals surface area contributed by atoms with Gasteiger partial charge in [-0.25, -0.2) is 17.1 Å². The molecule has 0 amide bonds. The fourth-order valence-corrected chi connectivity index (χ4v) is 2.71. The molecule has 0 radical (unpaired) electrons. The summed E-state index contributed by atoms with van der Waals surface area (Å²) in [6, 6.07) is 3.70. The Labute approximate surface area is 111 Å². The normalized spacial score (nSPS) is 11.8. The molecule has 1 aromatic rings. The molecular weight excluding hydrogens is 273 g/mol. The van der Waals surface area contributed by atoms with E-state index in [2.05, 4.69) is 0 Å². The number of carboxylic acids is 1. The molecule has 5 nitrogen and oxygen atoms in total. The minimum Gasteiger partial charge on any atom is -0.481 e. The molecular formula is C12H16FNO4S. The van der Waals surface area contributed by atoms with Crippen LogP contribution in [-0.4, -0.2) is 37.4 Å². The zero-order valence-corrected chi connectivity index (χ0v) is 11.6. The van der Waals surface area contributed by atoms with Gasteiger partial charge >= 0.3 is 5.97 Å². The van der Waals surface area contributed by atoms with E-state index in [0.717, 1.165) is 10.4 Å². The van der Waals surface area contributed by atoms with Gasteiger partial charge in [0.05, 0.1) is 4.90 Å². The predicted octanol–water partition coefficient (Wildman–Crippen LogP) is 1.62. The van der Waals surface area contributed by atoms with Crippen LogP contribution in [0.15, 0.2) is 23.1 Å². The molecule has 0 aliphatic carbocycles. The van der Waals surface area contributed by atoms with Crippen LogP contribution in [0.25, 0.3) is 0 Å². The van der Waals surface area contributed by atoms with E-state index < -0.39 is 21.8 Å². The maximum atomic E-state index is 13.4. The second-order valence-corrected chi connectivity index (χ2v) is 6.28. The molecule has 0 bridgehead atoms. The largest absolute Gasteiger partial charge is 0.481 e. The van der Waals surface area contributed by atoms with E-state index in [1.165, 1.54) is 19.2 Å².